The zero-order valence-corrected chi connectivity index (χ0v) is 9.85. The van der Waals surface area contributed by atoms with Gasteiger partial charge in [0.2, 0.25) is 0 Å². The molecule has 0 unspecified atom stereocenters. The van der Waals surface area contributed by atoms with Gasteiger partial charge in [0.15, 0.2) is 0 Å². The van der Waals surface area contributed by atoms with Crippen LogP contribution in [0.4, 0.5) is 0 Å². The van der Waals surface area contributed by atoms with Gasteiger partial charge in [-0.25, -0.2) is 0 Å². The second kappa shape index (κ2) is 5.00. The fourth-order valence-corrected chi connectivity index (χ4v) is 1.74. The largest absolute Gasteiger partial charge is 0.481 e. The van der Waals surface area contributed by atoms with Crippen molar-refractivity contribution >= 4 is 17.7 Å². The Morgan fingerprint density at radius 2 is 2.41 bits per heavy atom. The number of aliphatic carboxylic acids is 1. The lowest BCUT2D eigenvalue weighted by Gasteiger charge is -1.98. The highest BCUT2D eigenvalue weighted by Gasteiger charge is 2.13. The highest BCUT2D eigenvalue weighted by Crippen LogP contribution is 2.22. The number of aromatic nitrogens is 4. The van der Waals surface area contributed by atoms with Gasteiger partial charge in [0, 0.05) is 12.7 Å². The molecule has 7 nitrogen and oxygen atoms in total. The average molecular weight is 254 g/mol. The van der Waals surface area contributed by atoms with E-state index in [1.165, 1.54) is 0 Å². The molecule has 17 heavy (non-hydrogen) atoms. The van der Waals surface area contributed by atoms with E-state index in [0.717, 1.165) is 17.5 Å². The third-order valence-electron chi connectivity index (χ3n) is 1.96. The van der Waals surface area contributed by atoms with Crippen LogP contribution in [0.1, 0.15) is 6.92 Å². The van der Waals surface area contributed by atoms with E-state index >= 15 is 0 Å². The van der Waals surface area contributed by atoms with Gasteiger partial charge in [-0.2, -0.15) is 5.10 Å². The fourth-order valence-electron chi connectivity index (χ4n) is 1.26. The van der Waals surface area contributed by atoms with Crippen molar-refractivity contribution in [3.8, 4) is 11.6 Å². The molecule has 0 bridgehead atoms. The molecule has 0 aliphatic heterocycles. The number of nitrogens with zero attached hydrogens (tertiary/aromatic N) is 4. The fraction of sp³-hybridized carbons (Fsp3) is 0.333. The summed E-state index contributed by atoms with van der Waals surface area (Å²) in [4.78, 5) is 10.4. The Hall–Kier alpha value is -1.83. The quantitative estimate of drug-likeness (QED) is 0.799. The molecule has 0 atom stereocenters. The molecule has 0 fully saturated rings. The molecule has 0 saturated heterocycles. The van der Waals surface area contributed by atoms with Crippen LogP contribution in [-0.2, 0) is 11.3 Å². The van der Waals surface area contributed by atoms with Crippen molar-refractivity contribution in [2.24, 2.45) is 0 Å². The molecule has 90 valence electrons. The molecule has 2 aromatic heterocycles. The Kier molecular flexibility index (Phi) is 3.43. The summed E-state index contributed by atoms with van der Waals surface area (Å²) in [5, 5.41) is 20.5. The van der Waals surface area contributed by atoms with Gasteiger partial charge >= 0.3 is 5.97 Å². The van der Waals surface area contributed by atoms with Crippen molar-refractivity contribution in [2.45, 2.75) is 18.7 Å². The summed E-state index contributed by atoms with van der Waals surface area (Å²) < 4.78 is 7.06. The van der Waals surface area contributed by atoms with Gasteiger partial charge in [-0.15, -0.1) is 10.2 Å². The van der Waals surface area contributed by atoms with Crippen LogP contribution in [0.3, 0.4) is 0 Å². The predicted octanol–water partition coefficient (Wildman–Crippen LogP) is 1.13. The average Bonchev–Trinajstić information content (AvgIpc) is 2.94. The monoisotopic (exact) mass is 254 g/mol. The van der Waals surface area contributed by atoms with Crippen LogP contribution in [0, 0.1) is 0 Å². The molecular weight excluding hydrogens is 244 g/mol. The Bertz CT molecular complexity index is 522. The molecule has 2 heterocycles. The molecule has 1 N–H and O–H groups in total. The van der Waals surface area contributed by atoms with Crippen molar-refractivity contribution in [1.29, 1.82) is 0 Å². The van der Waals surface area contributed by atoms with Crippen LogP contribution in [0.25, 0.3) is 11.6 Å². The lowest BCUT2D eigenvalue weighted by Crippen LogP contribution is -1.98. The zero-order valence-electron chi connectivity index (χ0n) is 9.03. The third-order valence-corrected chi connectivity index (χ3v) is 2.76. The molecule has 0 amide bonds. The molecule has 0 spiro atoms. The van der Waals surface area contributed by atoms with Gasteiger partial charge in [-0.3, -0.25) is 9.48 Å². The topological polar surface area (TPSA) is 94.0 Å². The second-order valence-electron chi connectivity index (χ2n) is 3.09. The summed E-state index contributed by atoms with van der Waals surface area (Å²) in [6.07, 6.45) is 1.65. The van der Waals surface area contributed by atoms with Crippen LogP contribution < -0.4 is 0 Å². The van der Waals surface area contributed by atoms with Gasteiger partial charge in [0.1, 0.15) is 11.4 Å². The van der Waals surface area contributed by atoms with Gasteiger partial charge in [-0.1, -0.05) is 11.8 Å². The first-order valence-corrected chi connectivity index (χ1v) is 5.89. The maximum absolute atomic E-state index is 10.4. The molecule has 0 aromatic carbocycles. The van der Waals surface area contributed by atoms with Crippen LogP contribution in [0.5, 0.6) is 0 Å². The number of hydrogen-bond donors (Lipinski definition) is 1. The molecule has 0 radical (unpaired) electrons. The number of rotatable bonds is 5. The summed E-state index contributed by atoms with van der Waals surface area (Å²) in [6, 6.07) is 1.77. The normalized spacial score (nSPS) is 10.6. The minimum Gasteiger partial charge on any atom is -0.481 e. The summed E-state index contributed by atoms with van der Waals surface area (Å²) in [7, 11) is 0. The molecule has 0 saturated carbocycles. The SMILES string of the molecule is CCn1nccc1-c1nnc(SCC(=O)O)o1. The Morgan fingerprint density at radius 3 is 3.12 bits per heavy atom. The van der Waals surface area contributed by atoms with E-state index in [0.29, 0.717) is 12.4 Å². The maximum atomic E-state index is 10.4. The minimum atomic E-state index is -0.923. The lowest BCUT2D eigenvalue weighted by molar-refractivity contribution is -0.133. The number of hydrogen-bond acceptors (Lipinski definition) is 6. The van der Waals surface area contributed by atoms with E-state index in [1.54, 1.807) is 16.9 Å². The van der Waals surface area contributed by atoms with E-state index in [-0.39, 0.29) is 11.0 Å². The van der Waals surface area contributed by atoms with Crippen molar-refractivity contribution < 1.29 is 14.3 Å². The van der Waals surface area contributed by atoms with Crippen molar-refractivity contribution in [3.05, 3.63) is 12.3 Å². The third kappa shape index (κ3) is 2.64. The first kappa shape index (κ1) is 11.6. The summed E-state index contributed by atoms with van der Waals surface area (Å²) in [5.74, 6) is -0.681. The lowest BCUT2D eigenvalue weighted by atomic mass is 10.4. The summed E-state index contributed by atoms with van der Waals surface area (Å²) in [6.45, 7) is 2.65. The van der Waals surface area contributed by atoms with E-state index < -0.39 is 5.97 Å². The van der Waals surface area contributed by atoms with Gasteiger partial charge < -0.3 is 9.52 Å². The van der Waals surface area contributed by atoms with Gasteiger partial charge in [0.05, 0.1) is 0 Å². The highest BCUT2D eigenvalue weighted by atomic mass is 32.2. The Labute approximate surface area is 101 Å². The van der Waals surface area contributed by atoms with Crippen molar-refractivity contribution in [3.63, 3.8) is 0 Å². The molecule has 8 heteroatoms. The molecular formula is C9H10N4O3S. The van der Waals surface area contributed by atoms with Crippen LogP contribution >= 0.6 is 11.8 Å². The standard InChI is InChI=1S/C9H10N4O3S/c1-2-13-6(3-4-10-13)8-11-12-9(16-8)17-5-7(14)15/h3-4H,2,5H2,1H3,(H,14,15). The van der Waals surface area contributed by atoms with E-state index in [4.69, 9.17) is 9.52 Å². The highest BCUT2D eigenvalue weighted by molar-refractivity contribution is 7.99. The first-order chi connectivity index (χ1) is 8.20. The number of carboxylic acid groups (broad SMARTS) is 1. The second-order valence-corrected chi connectivity index (χ2v) is 4.01. The minimum absolute atomic E-state index is 0.103. The maximum Gasteiger partial charge on any atom is 0.314 e. The van der Waals surface area contributed by atoms with Crippen LogP contribution in [-0.4, -0.2) is 36.8 Å². The molecule has 2 aromatic rings. The Morgan fingerprint density at radius 1 is 1.59 bits per heavy atom. The Balaban J connectivity index is 2.15. The van der Waals surface area contributed by atoms with Crippen LogP contribution in [0.2, 0.25) is 0 Å². The van der Waals surface area contributed by atoms with Crippen molar-refractivity contribution in [1.82, 2.24) is 20.0 Å². The van der Waals surface area contributed by atoms with Crippen molar-refractivity contribution in [2.75, 3.05) is 5.75 Å². The first-order valence-electron chi connectivity index (χ1n) is 4.91. The number of thioether (sulfide) groups is 1. The predicted molar refractivity (Wildman–Crippen MR) is 59.6 cm³/mol. The molecule has 0 aliphatic carbocycles. The van der Waals surface area contributed by atoms with Gasteiger partial charge in [-0.05, 0) is 13.0 Å². The number of carbonyl (C=O) groups is 1. The molecule has 0 aliphatic rings. The summed E-state index contributed by atoms with van der Waals surface area (Å²) in [5.41, 5.74) is 0.724. The number of aryl methyl sites for hydroxylation is 1. The van der Waals surface area contributed by atoms with Crippen LogP contribution in [0.15, 0.2) is 21.9 Å². The van der Waals surface area contributed by atoms with E-state index in [2.05, 4.69) is 15.3 Å². The van der Waals surface area contributed by atoms with Gasteiger partial charge in [0.25, 0.3) is 11.1 Å². The molecule has 2 rings (SSSR count). The summed E-state index contributed by atoms with van der Waals surface area (Å²) >= 11 is 0.991. The smallest absolute Gasteiger partial charge is 0.314 e. The number of carboxylic acids is 1. The van der Waals surface area contributed by atoms with E-state index in [9.17, 15) is 4.79 Å². The zero-order chi connectivity index (χ0) is 12.3. The van der Waals surface area contributed by atoms with E-state index in [1.807, 2.05) is 6.92 Å².